The van der Waals surface area contributed by atoms with Crippen LogP contribution in [-0.2, 0) is 9.63 Å². The standard InChI is InChI=1S/C16H17N3O3S/c1-12-7-5-6-10-14(12)21-11-15(20)22-19-18-16(23)17-13-8-3-2-4-9-13/h2-10,19H,11H2,1H3,(H2,17,18,23). The van der Waals surface area contributed by atoms with Gasteiger partial charge in [-0.3, -0.25) is 5.43 Å². The quantitative estimate of drug-likeness (QED) is 0.554. The van der Waals surface area contributed by atoms with Crippen LogP contribution in [-0.4, -0.2) is 17.7 Å². The molecule has 6 nitrogen and oxygen atoms in total. The number of thiocarbonyl (C=S) groups is 1. The molecule has 0 radical (unpaired) electrons. The van der Waals surface area contributed by atoms with Gasteiger partial charge in [0, 0.05) is 5.69 Å². The minimum Gasteiger partial charge on any atom is -0.482 e. The number of anilines is 1. The summed E-state index contributed by atoms with van der Waals surface area (Å²) >= 11 is 5.04. The van der Waals surface area contributed by atoms with E-state index in [-0.39, 0.29) is 11.7 Å². The number of rotatable bonds is 6. The highest BCUT2D eigenvalue weighted by atomic mass is 32.1. The first-order chi connectivity index (χ1) is 11.1. The van der Waals surface area contributed by atoms with Crippen LogP contribution in [0.5, 0.6) is 5.75 Å². The van der Waals surface area contributed by atoms with E-state index >= 15 is 0 Å². The van der Waals surface area contributed by atoms with Crippen molar-refractivity contribution in [3.8, 4) is 5.75 Å². The Morgan fingerprint density at radius 3 is 2.52 bits per heavy atom. The molecule has 0 aliphatic heterocycles. The molecule has 0 saturated carbocycles. The second kappa shape index (κ2) is 8.72. The van der Waals surface area contributed by atoms with Gasteiger partial charge in [0.15, 0.2) is 11.7 Å². The lowest BCUT2D eigenvalue weighted by molar-refractivity contribution is -0.154. The summed E-state index contributed by atoms with van der Waals surface area (Å²) in [6, 6.07) is 16.8. The van der Waals surface area contributed by atoms with Crippen LogP contribution < -0.4 is 21.1 Å². The Bertz CT molecular complexity index is 665. The average Bonchev–Trinajstić information content (AvgIpc) is 2.55. The molecule has 0 saturated heterocycles. The van der Waals surface area contributed by atoms with Gasteiger partial charge in [-0.1, -0.05) is 42.0 Å². The monoisotopic (exact) mass is 331 g/mol. The zero-order valence-corrected chi connectivity index (χ0v) is 13.4. The summed E-state index contributed by atoms with van der Waals surface area (Å²) in [7, 11) is 0. The smallest absolute Gasteiger partial charge is 0.364 e. The Labute approximate surface area is 139 Å². The van der Waals surface area contributed by atoms with Crippen LogP contribution in [0, 0.1) is 6.92 Å². The third kappa shape index (κ3) is 5.93. The van der Waals surface area contributed by atoms with Crippen molar-refractivity contribution in [3.05, 3.63) is 60.2 Å². The van der Waals surface area contributed by atoms with E-state index in [0.717, 1.165) is 11.3 Å². The number of nitrogens with one attached hydrogen (secondary N) is 3. The largest absolute Gasteiger partial charge is 0.482 e. The molecule has 2 aromatic rings. The van der Waals surface area contributed by atoms with E-state index in [0.29, 0.717) is 5.75 Å². The molecule has 0 heterocycles. The molecule has 0 aromatic heterocycles. The third-order valence-corrected chi connectivity index (χ3v) is 3.00. The predicted octanol–water partition coefficient (Wildman–Crippen LogP) is 2.32. The molecule has 0 aliphatic carbocycles. The fraction of sp³-hybridized carbons (Fsp3) is 0.125. The Morgan fingerprint density at radius 1 is 1.09 bits per heavy atom. The first kappa shape index (κ1) is 16.7. The lowest BCUT2D eigenvalue weighted by Gasteiger charge is -2.12. The van der Waals surface area contributed by atoms with Gasteiger partial charge in [0.25, 0.3) is 0 Å². The SMILES string of the molecule is Cc1ccccc1OCC(=O)ONNC(=S)Nc1ccccc1. The van der Waals surface area contributed by atoms with Crippen molar-refractivity contribution in [3.63, 3.8) is 0 Å². The van der Waals surface area contributed by atoms with E-state index in [1.807, 2.05) is 55.5 Å². The number of carbonyl (C=O) groups excluding carboxylic acids is 1. The van der Waals surface area contributed by atoms with Crippen molar-refractivity contribution in [2.24, 2.45) is 0 Å². The van der Waals surface area contributed by atoms with Gasteiger partial charge in [0.05, 0.1) is 0 Å². The number of aryl methyl sites for hydroxylation is 1. The molecule has 0 bridgehead atoms. The van der Waals surface area contributed by atoms with Crippen molar-refractivity contribution in [1.29, 1.82) is 0 Å². The summed E-state index contributed by atoms with van der Waals surface area (Å²) in [6.45, 7) is 1.69. The number of carbonyl (C=O) groups is 1. The van der Waals surface area contributed by atoms with Crippen LogP contribution in [0.3, 0.4) is 0 Å². The molecule has 2 aromatic carbocycles. The van der Waals surface area contributed by atoms with Crippen LogP contribution in [0.15, 0.2) is 54.6 Å². The third-order valence-electron chi connectivity index (χ3n) is 2.80. The van der Waals surface area contributed by atoms with Gasteiger partial charge in [-0.2, -0.15) is 0 Å². The van der Waals surface area contributed by atoms with Gasteiger partial charge < -0.3 is 14.9 Å². The second-order valence-corrected chi connectivity index (χ2v) is 4.98. The van der Waals surface area contributed by atoms with Crippen molar-refractivity contribution >= 4 is 29.0 Å². The molecule has 3 N–H and O–H groups in total. The molecule has 0 amide bonds. The van der Waals surface area contributed by atoms with Gasteiger partial charge in [-0.15, -0.1) is 0 Å². The second-order valence-electron chi connectivity index (χ2n) is 4.58. The molecular weight excluding hydrogens is 314 g/mol. The Balaban J connectivity index is 1.65. The number of hydrogen-bond donors (Lipinski definition) is 3. The molecule has 120 valence electrons. The first-order valence-corrected chi connectivity index (χ1v) is 7.31. The van der Waals surface area contributed by atoms with E-state index in [2.05, 4.69) is 16.3 Å². The lowest BCUT2D eigenvalue weighted by atomic mass is 10.2. The molecule has 23 heavy (non-hydrogen) atoms. The van der Waals surface area contributed by atoms with E-state index in [1.54, 1.807) is 6.07 Å². The van der Waals surface area contributed by atoms with Crippen LogP contribution >= 0.6 is 12.2 Å². The number of hydrogen-bond acceptors (Lipinski definition) is 5. The summed E-state index contributed by atoms with van der Waals surface area (Å²) in [4.78, 5) is 16.3. The van der Waals surface area contributed by atoms with E-state index in [4.69, 9.17) is 21.8 Å². The average molecular weight is 331 g/mol. The molecule has 0 spiro atoms. The molecule has 0 fully saturated rings. The first-order valence-electron chi connectivity index (χ1n) is 6.90. The van der Waals surface area contributed by atoms with Gasteiger partial charge >= 0.3 is 5.97 Å². The van der Waals surface area contributed by atoms with Crippen LogP contribution in [0.2, 0.25) is 0 Å². The van der Waals surface area contributed by atoms with Crippen molar-refractivity contribution < 1.29 is 14.4 Å². The molecule has 0 atom stereocenters. The van der Waals surface area contributed by atoms with E-state index < -0.39 is 5.97 Å². The zero-order valence-electron chi connectivity index (χ0n) is 12.5. The normalized spacial score (nSPS) is 9.78. The van der Waals surface area contributed by atoms with Crippen molar-refractivity contribution in [1.82, 2.24) is 11.0 Å². The number of benzene rings is 2. The van der Waals surface area contributed by atoms with Crippen LogP contribution in [0.1, 0.15) is 5.56 Å². The van der Waals surface area contributed by atoms with Crippen molar-refractivity contribution in [2.75, 3.05) is 11.9 Å². The van der Waals surface area contributed by atoms with E-state index in [9.17, 15) is 4.79 Å². The highest BCUT2D eigenvalue weighted by Gasteiger charge is 2.06. The van der Waals surface area contributed by atoms with Gasteiger partial charge in [0.1, 0.15) is 5.75 Å². The summed E-state index contributed by atoms with van der Waals surface area (Å²) in [5.74, 6) is 0.0574. The maximum Gasteiger partial charge on any atom is 0.364 e. The number of ether oxygens (including phenoxy) is 1. The summed E-state index contributed by atoms with van der Waals surface area (Å²) in [5, 5.41) is 3.18. The number of hydrazine groups is 1. The molecule has 2 rings (SSSR count). The Kier molecular flexibility index (Phi) is 6.34. The summed E-state index contributed by atoms with van der Waals surface area (Å²) < 4.78 is 5.36. The maximum atomic E-state index is 11.6. The van der Waals surface area contributed by atoms with Gasteiger partial charge in [-0.05, 0) is 42.9 Å². The molecule has 0 unspecified atom stereocenters. The van der Waals surface area contributed by atoms with E-state index in [1.165, 1.54) is 0 Å². The maximum absolute atomic E-state index is 11.6. The fourth-order valence-corrected chi connectivity index (χ4v) is 1.86. The summed E-state index contributed by atoms with van der Waals surface area (Å²) in [5.41, 5.74) is 6.58. The van der Waals surface area contributed by atoms with Crippen LogP contribution in [0.25, 0.3) is 0 Å². The molecule has 7 heteroatoms. The molecular formula is C16H17N3O3S. The Hall–Kier alpha value is -2.64. The van der Waals surface area contributed by atoms with Crippen LogP contribution in [0.4, 0.5) is 5.69 Å². The topological polar surface area (TPSA) is 71.6 Å². The highest BCUT2D eigenvalue weighted by molar-refractivity contribution is 7.80. The predicted molar refractivity (Wildman–Crippen MR) is 91.7 cm³/mol. The Morgan fingerprint density at radius 2 is 1.78 bits per heavy atom. The zero-order chi connectivity index (χ0) is 16.5. The lowest BCUT2D eigenvalue weighted by Crippen LogP contribution is -2.42. The summed E-state index contributed by atoms with van der Waals surface area (Å²) in [6.07, 6.45) is 0. The van der Waals surface area contributed by atoms with Crippen molar-refractivity contribution in [2.45, 2.75) is 6.92 Å². The minimum absolute atomic E-state index is 0.210. The molecule has 0 aliphatic rings. The minimum atomic E-state index is -0.580. The number of para-hydroxylation sites is 2. The highest BCUT2D eigenvalue weighted by Crippen LogP contribution is 2.15. The fourth-order valence-electron chi connectivity index (χ4n) is 1.70. The van der Waals surface area contributed by atoms with Gasteiger partial charge in [0.2, 0.25) is 0 Å². The van der Waals surface area contributed by atoms with Gasteiger partial charge in [-0.25, -0.2) is 4.79 Å².